The van der Waals surface area contributed by atoms with Crippen molar-refractivity contribution in [2.45, 2.75) is 102 Å². The number of anilines is 1. The Hall–Kier alpha value is -2.51. The second kappa shape index (κ2) is 11.0. The lowest BCUT2D eigenvalue weighted by atomic mass is 9.92. The number of pyridine rings is 1. The van der Waals surface area contributed by atoms with Gasteiger partial charge in [0.05, 0.1) is 6.10 Å². The zero-order chi connectivity index (χ0) is 24.2. The number of unbranched alkanes of at least 4 members (excludes halogenated alkanes) is 1. The number of aliphatic hydroxyl groups excluding tert-OH is 1. The zero-order valence-electron chi connectivity index (χ0n) is 20.9. The minimum absolute atomic E-state index is 0.0200. The topological polar surface area (TPSA) is 92.1 Å². The van der Waals surface area contributed by atoms with Crippen LogP contribution in [0.5, 0.6) is 0 Å². The van der Waals surface area contributed by atoms with E-state index in [9.17, 15) is 9.90 Å². The molecular weight excluding hydrogens is 438 g/mol. The highest BCUT2D eigenvalue weighted by Crippen LogP contribution is 2.32. The quantitative estimate of drug-likeness (QED) is 0.310. The molecule has 2 aliphatic carbocycles. The van der Waals surface area contributed by atoms with Gasteiger partial charge in [0.25, 0.3) is 5.56 Å². The molecule has 3 N–H and O–H groups in total. The first kappa shape index (κ1) is 24.2. The van der Waals surface area contributed by atoms with Crippen LogP contribution in [0.15, 0.2) is 29.2 Å². The summed E-state index contributed by atoms with van der Waals surface area (Å²) in [6.45, 7) is 3.75. The number of benzene rings is 1. The maximum Gasteiger partial charge on any atom is 0.260 e. The number of nitrogens with one attached hydrogen (secondary N) is 2. The van der Waals surface area contributed by atoms with Crippen molar-refractivity contribution in [1.29, 1.82) is 0 Å². The minimum atomic E-state index is -0.271. The van der Waals surface area contributed by atoms with Crippen molar-refractivity contribution in [1.82, 2.24) is 19.9 Å². The van der Waals surface area contributed by atoms with Gasteiger partial charge in [-0.25, -0.2) is 4.98 Å². The third-order valence-electron chi connectivity index (χ3n) is 7.87. The number of hydrogen-bond acceptors (Lipinski definition) is 6. The Labute approximate surface area is 207 Å². The fourth-order valence-electron chi connectivity index (χ4n) is 5.77. The molecule has 2 saturated carbocycles. The molecule has 0 amide bonds. The van der Waals surface area contributed by atoms with Gasteiger partial charge in [0.1, 0.15) is 5.65 Å². The molecule has 0 atom stereocenters. The van der Waals surface area contributed by atoms with Crippen molar-refractivity contribution in [3.05, 3.63) is 40.3 Å². The van der Waals surface area contributed by atoms with Crippen molar-refractivity contribution in [2.75, 3.05) is 11.9 Å². The number of aromatic nitrogens is 3. The van der Waals surface area contributed by atoms with Gasteiger partial charge >= 0.3 is 0 Å². The average molecular weight is 478 g/mol. The fraction of sp³-hybridized carbons (Fsp3) is 0.607. The first-order valence-corrected chi connectivity index (χ1v) is 13.6. The summed E-state index contributed by atoms with van der Waals surface area (Å²) in [7, 11) is 0. The molecule has 0 unspecified atom stereocenters. The van der Waals surface area contributed by atoms with E-state index in [0.29, 0.717) is 30.5 Å². The van der Waals surface area contributed by atoms with E-state index in [4.69, 9.17) is 4.98 Å². The van der Waals surface area contributed by atoms with Gasteiger partial charge in [-0.2, -0.15) is 4.98 Å². The molecule has 0 radical (unpaired) electrons. The number of fused-ring (bicyclic) bond motifs is 3. The monoisotopic (exact) mass is 477 g/mol. The highest BCUT2D eigenvalue weighted by atomic mass is 16.3. The maximum atomic E-state index is 14.0. The number of nitrogens with zero attached hydrogens (tertiary/aromatic N) is 3. The van der Waals surface area contributed by atoms with Gasteiger partial charge in [-0.05, 0) is 62.0 Å². The van der Waals surface area contributed by atoms with E-state index in [1.165, 1.54) is 32.1 Å². The first-order valence-electron chi connectivity index (χ1n) is 13.6. The van der Waals surface area contributed by atoms with Gasteiger partial charge in [-0.1, -0.05) is 44.7 Å². The molecule has 3 aromatic rings. The summed E-state index contributed by atoms with van der Waals surface area (Å²) in [5, 5.41) is 19.7. The second-order valence-electron chi connectivity index (χ2n) is 10.4. The first-order chi connectivity index (χ1) is 17.1. The molecule has 7 nitrogen and oxygen atoms in total. The molecule has 0 saturated heterocycles. The van der Waals surface area contributed by atoms with Crippen LogP contribution in [0.3, 0.4) is 0 Å². The van der Waals surface area contributed by atoms with Crippen LogP contribution in [0, 0.1) is 0 Å². The third-order valence-corrected chi connectivity index (χ3v) is 7.87. The molecule has 7 heteroatoms. The summed E-state index contributed by atoms with van der Waals surface area (Å²) < 4.78 is 1.90. The predicted molar refractivity (Wildman–Crippen MR) is 142 cm³/mol. The van der Waals surface area contributed by atoms with Crippen molar-refractivity contribution < 1.29 is 5.11 Å². The number of hydrogen-bond donors (Lipinski definition) is 3. The summed E-state index contributed by atoms with van der Waals surface area (Å²) in [6, 6.07) is 6.88. The predicted octanol–water partition coefficient (Wildman–Crippen LogP) is 5.06. The highest BCUT2D eigenvalue weighted by Gasteiger charge is 2.25. The molecule has 0 bridgehead atoms. The number of aliphatic hydroxyl groups is 1. The van der Waals surface area contributed by atoms with Crippen LogP contribution in [0.1, 0.15) is 89.2 Å². The Morgan fingerprint density at radius 2 is 1.83 bits per heavy atom. The second-order valence-corrected chi connectivity index (χ2v) is 10.4. The summed E-state index contributed by atoms with van der Waals surface area (Å²) >= 11 is 0. The molecule has 35 heavy (non-hydrogen) atoms. The standard InChI is InChI=1S/C28H39N5O2/c1-2-3-15-29-28-31-18-25-23-14-9-19(17-30-20-7-5-4-6-8-20)16-24(23)27(35)33(26(25)32-28)21-10-12-22(34)13-11-21/h9,14,16,18,20-22,30,34H,2-8,10-13,15,17H2,1H3,(H,29,31,32)/t21-,22-. The Kier molecular flexibility index (Phi) is 7.63. The molecule has 2 heterocycles. The van der Waals surface area contributed by atoms with Crippen LogP contribution < -0.4 is 16.2 Å². The van der Waals surface area contributed by atoms with Gasteiger partial charge in [0.15, 0.2) is 0 Å². The normalized spacial score (nSPS) is 21.5. The molecule has 0 aliphatic heterocycles. The Balaban J connectivity index is 1.54. The number of rotatable bonds is 8. The van der Waals surface area contributed by atoms with Gasteiger partial charge in [0, 0.05) is 42.1 Å². The molecule has 2 aliphatic rings. The van der Waals surface area contributed by atoms with E-state index in [0.717, 1.165) is 60.5 Å². The Morgan fingerprint density at radius 1 is 1.03 bits per heavy atom. The SMILES string of the molecule is CCCCNc1ncc2c3ccc(CNC4CCCCC4)cc3c(=O)n([C@H]3CC[C@H](O)CC3)c2n1. The van der Waals surface area contributed by atoms with Crippen molar-refractivity contribution in [3.63, 3.8) is 0 Å². The molecule has 2 aromatic heterocycles. The van der Waals surface area contributed by atoms with Gasteiger partial charge in [-0.3, -0.25) is 9.36 Å². The maximum absolute atomic E-state index is 14.0. The van der Waals surface area contributed by atoms with E-state index >= 15 is 0 Å². The van der Waals surface area contributed by atoms with E-state index in [2.05, 4.69) is 40.7 Å². The van der Waals surface area contributed by atoms with E-state index in [1.807, 2.05) is 10.8 Å². The van der Waals surface area contributed by atoms with Crippen LogP contribution in [0.4, 0.5) is 5.95 Å². The van der Waals surface area contributed by atoms with Crippen LogP contribution >= 0.6 is 0 Å². The Bertz CT molecular complexity index is 1210. The van der Waals surface area contributed by atoms with E-state index in [1.54, 1.807) is 0 Å². The average Bonchev–Trinajstić information content (AvgIpc) is 2.89. The smallest absolute Gasteiger partial charge is 0.260 e. The summed E-state index contributed by atoms with van der Waals surface area (Å²) in [4.78, 5) is 23.4. The molecule has 0 spiro atoms. The fourth-order valence-corrected chi connectivity index (χ4v) is 5.77. The zero-order valence-corrected chi connectivity index (χ0v) is 20.9. The summed E-state index contributed by atoms with van der Waals surface area (Å²) in [6.07, 6.45) is 13.2. The van der Waals surface area contributed by atoms with Crippen LogP contribution in [0.2, 0.25) is 0 Å². The van der Waals surface area contributed by atoms with E-state index < -0.39 is 0 Å². The molecule has 5 rings (SSSR count). The summed E-state index contributed by atoms with van der Waals surface area (Å²) in [5.41, 5.74) is 1.86. The lowest BCUT2D eigenvalue weighted by Gasteiger charge is -2.28. The third kappa shape index (κ3) is 5.36. The lowest BCUT2D eigenvalue weighted by molar-refractivity contribution is 0.111. The van der Waals surface area contributed by atoms with Crippen molar-refractivity contribution in [2.24, 2.45) is 0 Å². The van der Waals surface area contributed by atoms with Crippen LogP contribution in [-0.2, 0) is 6.54 Å². The molecule has 2 fully saturated rings. The van der Waals surface area contributed by atoms with Crippen LogP contribution in [-0.4, -0.2) is 38.3 Å². The molecule has 1 aromatic carbocycles. The highest BCUT2D eigenvalue weighted by molar-refractivity contribution is 6.04. The minimum Gasteiger partial charge on any atom is -0.393 e. The van der Waals surface area contributed by atoms with Crippen molar-refractivity contribution >= 4 is 27.8 Å². The van der Waals surface area contributed by atoms with Crippen molar-refractivity contribution in [3.8, 4) is 0 Å². The van der Waals surface area contributed by atoms with E-state index in [-0.39, 0.29) is 17.7 Å². The van der Waals surface area contributed by atoms with Gasteiger partial charge in [-0.15, -0.1) is 0 Å². The molecular formula is C28H39N5O2. The Morgan fingerprint density at radius 3 is 2.60 bits per heavy atom. The summed E-state index contributed by atoms with van der Waals surface area (Å²) in [5.74, 6) is 0.572. The van der Waals surface area contributed by atoms with Crippen LogP contribution in [0.25, 0.3) is 21.8 Å². The largest absolute Gasteiger partial charge is 0.393 e. The lowest BCUT2D eigenvalue weighted by Crippen LogP contribution is -2.31. The van der Waals surface area contributed by atoms with Gasteiger partial charge < -0.3 is 15.7 Å². The molecule has 188 valence electrons. The van der Waals surface area contributed by atoms with Gasteiger partial charge in [0.2, 0.25) is 5.95 Å².